The minimum Gasteiger partial charge on any atom is -0.0776 e. The van der Waals surface area contributed by atoms with Crippen LogP contribution in [0.25, 0.3) is 0 Å². The molecule has 2 rings (SSSR count). The Kier molecular flexibility index (Phi) is 6.40. The SMILES string of the molecule is C.CCC1CCC2C(CC)C(C)C(C)CC2C1CC. The van der Waals surface area contributed by atoms with Crippen molar-refractivity contribution in [2.45, 2.75) is 80.6 Å². The van der Waals surface area contributed by atoms with Crippen LogP contribution in [0.3, 0.4) is 0 Å². The summed E-state index contributed by atoms with van der Waals surface area (Å²) >= 11 is 0. The van der Waals surface area contributed by atoms with E-state index >= 15 is 0 Å². The third-order valence-electron chi connectivity index (χ3n) is 6.81. The van der Waals surface area contributed by atoms with Gasteiger partial charge >= 0.3 is 0 Å². The lowest BCUT2D eigenvalue weighted by Crippen LogP contribution is -2.45. The van der Waals surface area contributed by atoms with E-state index in [-0.39, 0.29) is 7.43 Å². The predicted octanol–water partition coefficient (Wildman–Crippen LogP) is 6.40. The van der Waals surface area contributed by atoms with E-state index in [4.69, 9.17) is 0 Å². The van der Waals surface area contributed by atoms with Crippen molar-refractivity contribution in [3.8, 4) is 0 Å². The van der Waals surface area contributed by atoms with E-state index in [0.717, 1.165) is 41.4 Å². The summed E-state index contributed by atoms with van der Waals surface area (Å²) in [5, 5.41) is 0. The van der Waals surface area contributed by atoms with E-state index in [0.29, 0.717) is 0 Å². The average molecular weight is 267 g/mol. The van der Waals surface area contributed by atoms with Gasteiger partial charge in [0.05, 0.1) is 0 Å². The lowest BCUT2D eigenvalue weighted by atomic mass is 9.52. The van der Waals surface area contributed by atoms with Gasteiger partial charge in [-0.3, -0.25) is 0 Å². The molecule has 0 amide bonds. The van der Waals surface area contributed by atoms with Crippen LogP contribution >= 0.6 is 0 Å². The van der Waals surface area contributed by atoms with Crippen molar-refractivity contribution >= 4 is 0 Å². The minimum atomic E-state index is 0. The first kappa shape index (κ1) is 17.1. The summed E-state index contributed by atoms with van der Waals surface area (Å²) in [4.78, 5) is 0. The first-order chi connectivity index (χ1) is 8.63. The maximum Gasteiger partial charge on any atom is -0.0349 e. The smallest absolute Gasteiger partial charge is 0.0349 e. The summed E-state index contributed by atoms with van der Waals surface area (Å²) in [6.45, 7) is 12.3. The molecule has 0 aromatic heterocycles. The van der Waals surface area contributed by atoms with Crippen LogP contribution in [-0.4, -0.2) is 0 Å². The summed E-state index contributed by atoms with van der Waals surface area (Å²) in [6, 6.07) is 0. The summed E-state index contributed by atoms with van der Waals surface area (Å²) in [7, 11) is 0. The first-order valence-corrected chi connectivity index (χ1v) is 8.63. The van der Waals surface area contributed by atoms with Crippen molar-refractivity contribution in [2.24, 2.45) is 41.4 Å². The van der Waals surface area contributed by atoms with Gasteiger partial charge in [-0.1, -0.05) is 61.3 Å². The molecule has 0 saturated heterocycles. The molecule has 0 N–H and O–H groups in total. The molecule has 2 aliphatic carbocycles. The molecule has 2 saturated carbocycles. The fourth-order valence-electron chi connectivity index (χ4n) is 5.66. The monoisotopic (exact) mass is 266 g/mol. The Bertz CT molecular complexity index is 257. The molecule has 19 heavy (non-hydrogen) atoms. The number of rotatable bonds is 3. The third-order valence-corrected chi connectivity index (χ3v) is 6.81. The Labute approximate surface area is 122 Å². The van der Waals surface area contributed by atoms with Crippen molar-refractivity contribution in [2.75, 3.05) is 0 Å². The molecule has 2 aliphatic rings. The lowest BCUT2D eigenvalue weighted by Gasteiger charge is -2.53. The van der Waals surface area contributed by atoms with Crippen molar-refractivity contribution in [1.82, 2.24) is 0 Å². The van der Waals surface area contributed by atoms with Gasteiger partial charge in [-0.2, -0.15) is 0 Å². The van der Waals surface area contributed by atoms with Crippen LogP contribution in [0.1, 0.15) is 80.6 Å². The zero-order chi connectivity index (χ0) is 13.3. The van der Waals surface area contributed by atoms with E-state index in [1.165, 1.54) is 38.5 Å². The molecule has 0 aromatic rings. The molecule has 114 valence electrons. The Hall–Kier alpha value is 0. The maximum atomic E-state index is 2.53. The molecule has 0 nitrogen and oxygen atoms in total. The highest BCUT2D eigenvalue weighted by Gasteiger charge is 2.46. The van der Waals surface area contributed by atoms with Crippen LogP contribution in [0.5, 0.6) is 0 Å². The molecular formula is C19H38. The van der Waals surface area contributed by atoms with Gasteiger partial charge in [0.2, 0.25) is 0 Å². The molecule has 0 heterocycles. The molecule has 2 fully saturated rings. The standard InChI is InChI=1S/C18H34.CH4/c1-6-14-9-10-17-15(7-2)13(5)12(4)11-18(17)16(14)8-3;/h12-18H,6-11H2,1-5H3;1H4. The van der Waals surface area contributed by atoms with Gasteiger partial charge in [-0.15, -0.1) is 0 Å². The van der Waals surface area contributed by atoms with E-state index in [1.807, 2.05) is 0 Å². The highest BCUT2D eigenvalue weighted by Crippen LogP contribution is 2.54. The third kappa shape index (κ3) is 3.03. The van der Waals surface area contributed by atoms with Crippen LogP contribution in [-0.2, 0) is 0 Å². The molecule has 7 atom stereocenters. The topological polar surface area (TPSA) is 0 Å². The van der Waals surface area contributed by atoms with Gasteiger partial charge in [0.25, 0.3) is 0 Å². The van der Waals surface area contributed by atoms with Gasteiger partial charge in [0.15, 0.2) is 0 Å². The van der Waals surface area contributed by atoms with Crippen molar-refractivity contribution < 1.29 is 0 Å². The van der Waals surface area contributed by atoms with Crippen molar-refractivity contribution in [1.29, 1.82) is 0 Å². The molecule has 0 aromatic carbocycles. The minimum absolute atomic E-state index is 0. The second kappa shape index (κ2) is 7.14. The molecule has 0 spiro atoms. The zero-order valence-corrected chi connectivity index (χ0v) is 13.3. The van der Waals surface area contributed by atoms with Gasteiger partial charge in [-0.25, -0.2) is 0 Å². The molecule has 7 unspecified atom stereocenters. The lowest BCUT2D eigenvalue weighted by molar-refractivity contribution is -0.0362. The van der Waals surface area contributed by atoms with Crippen LogP contribution in [0.2, 0.25) is 0 Å². The Morgan fingerprint density at radius 1 is 0.789 bits per heavy atom. The molecule has 0 radical (unpaired) electrons. The Balaban J connectivity index is 0.00000180. The molecule has 0 heteroatoms. The predicted molar refractivity (Wildman–Crippen MR) is 87.2 cm³/mol. The number of hydrogen-bond acceptors (Lipinski definition) is 0. The van der Waals surface area contributed by atoms with Crippen LogP contribution < -0.4 is 0 Å². The second-order valence-electron chi connectivity index (χ2n) is 7.29. The van der Waals surface area contributed by atoms with E-state index in [9.17, 15) is 0 Å². The van der Waals surface area contributed by atoms with Crippen LogP contribution in [0.15, 0.2) is 0 Å². The second-order valence-corrected chi connectivity index (χ2v) is 7.29. The summed E-state index contributed by atoms with van der Waals surface area (Å²) in [5.41, 5.74) is 0. The van der Waals surface area contributed by atoms with Gasteiger partial charge < -0.3 is 0 Å². The summed E-state index contributed by atoms with van der Waals surface area (Å²) in [5.74, 6) is 7.14. The summed E-state index contributed by atoms with van der Waals surface area (Å²) < 4.78 is 0. The first-order valence-electron chi connectivity index (χ1n) is 8.63. The normalized spacial score (nSPS) is 46.3. The largest absolute Gasteiger partial charge is 0.0776 e. The van der Waals surface area contributed by atoms with Gasteiger partial charge in [0, 0.05) is 0 Å². The zero-order valence-electron chi connectivity index (χ0n) is 13.3. The highest BCUT2D eigenvalue weighted by molar-refractivity contribution is 4.95. The maximum absolute atomic E-state index is 2.53. The summed E-state index contributed by atoms with van der Waals surface area (Å²) in [6.07, 6.45) is 8.85. The number of fused-ring (bicyclic) bond motifs is 1. The molecule has 0 aliphatic heterocycles. The average Bonchev–Trinajstić information content (AvgIpc) is 2.39. The van der Waals surface area contributed by atoms with E-state index in [1.54, 1.807) is 0 Å². The van der Waals surface area contributed by atoms with Crippen molar-refractivity contribution in [3.05, 3.63) is 0 Å². The molecule has 0 bridgehead atoms. The van der Waals surface area contributed by atoms with E-state index < -0.39 is 0 Å². The fraction of sp³-hybridized carbons (Fsp3) is 1.00. The fourth-order valence-corrected chi connectivity index (χ4v) is 5.66. The van der Waals surface area contributed by atoms with E-state index in [2.05, 4.69) is 34.6 Å². The van der Waals surface area contributed by atoms with Crippen molar-refractivity contribution in [3.63, 3.8) is 0 Å². The van der Waals surface area contributed by atoms with Gasteiger partial charge in [0.1, 0.15) is 0 Å². The van der Waals surface area contributed by atoms with Crippen LogP contribution in [0, 0.1) is 41.4 Å². The highest BCUT2D eigenvalue weighted by atomic mass is 14.5. The Morgan fingerprint density at radius 3 is 1.95 bits per heavy atom. The Morgan fingerprint density at radius 2 is 1.42 bits per heavy atom. The number of hydrogen-bond donors (Lipinski definition) is 0. The molecular weight excluding hydrogens is 228 g/mol. The van der Waals surface area contributed by atoms with Gasteiger partial charge in [-0.05, 0) is 60.7 Å². The quantitative estimate of drug-likeness (QED) is 0.554. The van der Waals surface area contributed by atoms with Crippen LogP contribution in [0.4, 0.5) is 0 Å².